The highest BCUT2D eigenvalue weighted by atomic mass is 35.5. The number of hydrogen-bond acceptors (Lipinski definition) is 7. The molecule has 2 fully saturated rings. The normalized spacial score (nSPS) is 17.6. The molecule has 10 nitrogen and oxygen atoms in total. The lowest BCUT2D eigenvalue weighted by Crippen LogP contribution is -2.53. The van der Waals surface area contributed by atoms with Crippen molar-refractivity contribution >= 4 is 64.6 Å². The largest absolute Gasteiger partial charge is 0.444 e. The van der Waals surface area contributed by atoms with Gasteiger partial charge in [0.25, 0.3) is 0 Å². The molecule has 4 aromatic carbocycles. The van der Waals surface area contributed by atoms with Crippen LogP contribution in [0.2, 0.25) is 10.0 Å². The number of hydrogen-bond donors (Lipinski definition) is 2. The quantitative estimate of drug-likeness (QED) is 0.127. The highest BCUT2D eigenvalue weighted by Crippen LogP contribution is 2.25. The van der Waals surface area contributed by atoms with Crippen LogP contribution in [0.4, 0.5) is 25.0 Å². The maximum Gasteiger partial charge on any atom is 0.412 e. The van der Waals surface area contributed by atoms with Crippen LogP contribution in [0.25, 0.3) is 12.2 Å². The molecule has 14 heteroatoms. The number of nitrogens with one attached hydrogen (secondary N) is 1. The lowest BCUT2D eigenvalue weighted by molar-refractivity contribution is -0.131. The number of anilines is 2. The van der Waals surface area contributed by atoms with E-state index in [2.05, 4.69) is 15.1 Å². The van der Waals surface area contributed by atoms with Crippen LogP contribution in [-0.2, 0) is 27.4 Å². The third-order valence-electron chi connectivity index (χ3n) is 10.1. The Bertz CT molecular complexity index is 2200. The van der Waals surface area contributed by atoms with Gasteiger partial charge in [0.2, 0.25) is 11.8 Å². The molecule has 3 amide bonds. The van der Waals surface area contributed by atoms with Crippen molar-refractivity contribution < 1.29 is 27.9 Å². The van der Waals surface area contributed by atoms with Crippen molar-refractivity contribution in [1.82, 2.24) is 19.6 Å². The number of carbonyl (C=O) groups excluding carboxylic acids is 3. The summed E-state index contributed by atoms with van der Waals surface area (Å²) >= 11 is 12.0. The number of nitrogens with two attached hydrogens (primary N) is 1. The Morgan fingerprint density at radius 3 is 1.59 bits per heavy atom. The van der Waals surface area contributed by atoms with Gasteiger partial charge in [-0.2, -0.15) is 0 Å². The number of halogens is 4. The zero-order valence-electron chi connectivity index (χ0n) is 35.2. The second-order valence-corrected chi connectivity index (χ2v) is 17.2. The first-order valence-electron chi connectivity index (χ1n) is 20.2. The van der Waals surface area contributed by atoms with E-state index in [-0.39, 0.29) is 35.5 Å². The molecule has 2 atom stereocenters. The Morgan fingerprint density at radius 1 is 0.705 bits per heavy atom. The van der Waals surface area contributed by atoms with Crippen molar-refractivity contribution in [2.24, 2.45) is 0 Å². The first-order valence-corrected chi connectivity index (χ1v) is 20.9. The van der Waals surface area contributed by atoms with E-state index in [0.29, 0.717) is 46.6 Å². The van der Waals surface area contributed by atoms with Crippen molar-refractivity contribution in [2.45, 2.75) is 65.4 Å². The highest BCUT2D eigenvalue weighted by molar-refractivity contribution is 6.31. The van der Waals surface area contributed by atoms with E-state index in [0.717, 1.165) is 49.4 Å². The fourth-order valence-corrected chi connectivity index (χ4v) is 7.46. The van der Waals surface area contributed by atoms with Crippen LogP contribution in [0.5, 0.6) is 0 Å². The third kappa shape index (κ3) is 14.7. The fourth-order valence-electron chi connectivity index (χ4n) is 7.11. The van der Waals surface area contributed by atoms with Crippen LogP contribution in [-0.4, -0.2) is 94.5 Å². The van der Waals surface area contributed by atoms with Crippen LogP contribution in [0.3, 0.4) is 0 Å². The number of benzene rings is 4. The number of amides is 3. The molecule has 61 heavy (non-hydrogen) atoms. The third-order valence-corrected chi connectivity index (χ3v) is 10.6. The fraction of sp³-hybridized carbons (Fsp3) is 0.340. The minimum Gasteiger partial charge on any atom is -0.444 e. The zero-order valence-corrected chi connectivity index (χ0v) is 36.7. The molecule has 0 aromatic heterocycles. The predicted octanol–water partition coefficient (Wildman–Crippen LogP) is 9.38. The van der Waals surface area contributed by atoms with E-state index < -0.39 is 11.7 Å². The summed E-state index contributed by atoms with van der Waals surface area (Å²) < 4.78 is 31.5. The van der Waals surface area contributed by atoms with E-state index in [1.165, 1.54) is 30.3 Å². The molecule has 324 valence electrons. The lowest BCUT2D eigenvalue weighted by Gasteiger charge is -2.39. The number of nitrogens with zero attached hydrogens (tertiary/aromatic N) is 4. The smallest absolute Gasteiger partial charge is 0.412 e. The topological polar surface area (TPSA) is 111 Å². The van der Waals surface area contributed by atoms with Crippen molar-refractivity contribution in [3.63, 3.8) is 0 Å². The summed E-state index contributed by atoms with van der Waals surface area (Å²) in [5.74, 6) is -0.606. The second kappa shape index (κ2) is 21.5. The standard InChI is InChI=1S/C26H31ClFN3O3.C21H23ClFN3O/c1-18-16-30(17-19-5-10-22(28)11-6-19)13-14-31(18)24(32)12-8-20-7-9-21(27)15-23(20)29-25(33)34-26(2,3)4;1-15-13-25(14-16-2-7-19(23)8-3-16)10-11-26(15)21(27)9-5-17-4-6-18(22)12-20(17)24/h5-12,15,18H,13-14,16-17H2,1-4H3,(H,29,33);2-9,12,15H,10-11,13-14,24H2,1H3/b12-8+;9-5+/t18-;15-/m11/s1. The van der Waals surface area contributed by atoms with Gasteiger partial charge in [-0.05, 0) is 118 Å². The van der Waals surface area contributed by atoms with Gasteiger partial charge in [-0.3, -0.25) is 24.7 Å². The lowest BCUT2D eigenvalue weighted by atomic mass is 10.1. The molecule has 0 unspecified atom stereocenters. The molecule has 0 aliphatic carbocycles. The summed E-state index contributed by atoms with van der Waals surface area (Å²) in [6.45, 7) is 15.1. The van der Waals surface area contributed by atoms with Gasteiger partial charge in [-0.15, -0.1) is 0 Å². The van der Waals surface area contributed by atoms with Gasteiger partial charge < -0.3 is 20.3 Å². The van der Waals surface area contributed by atoms with Gasteiger partial charge in [0, 0.05) is 92.3 Å². The number of piperazine rings is 2. The van der Waals surface area contributed by atoms with E-state index >= 15 is 0 Å². The van der Waals surface area contributed by atoms with Gasteiger partial charge >= 0.3 is 6.09 Å². The minimum atomic E-state index is -0.635. The molecule has 0 bridgehead atoms. The van der Waals surface area contributed by atoms with Crippen LogP contribution >= 0.6 is 23.2 Å². The summed E-state index contributed by atoms with van der Waals surface area (Å²) in [5.41, 5.74) is 9.83. The summed E-state index contributed by atoms with van der Waals surface area (Å²) in [6.07, 6.45) is 5.87. The molecule has 2 heterocycles. The Kier molecular flexibility index (Phi) is 16.5. The summed E-state index contributed by atoms with van der Waals surface area (Å²) in [6, 6.07) is 23.5. The molecular formula is C47H54Cl2F2N6O4. The molecule has 0 spiro atoms. The molecule has 2 aliphatic rings. The SMILES string of the molecule is C[C@@H]1CN(Cc2ccc(F)cc2)CCN1C(=O)/C=C/c1ccc(Cl)cc1N.C[C@@H]1CN(Cc2ccc(F)cc2)CCN1C(=O)/C=C/c1ccc(Cl)cc1NC(=O)OC(C)(C)C. The monoisotopic (exact) mass is 874 g/mol. The maximum absolute atomic E-state index is 13.1. The van der Waals surface area contributed by atoms with E-state index in [1.807, 2.05) is 23.6 Å². The Balaban J connectivity index is 0.000000237. The van der Waals surface area contributed by atoms with Crippen LogP contribution in [0.15, 0.2) is 97.1 Å². The van der Waals surface area contributed by atoms with Gasteiger partial charge in [0.1, 0.15) is 17.2 Å². The number of carbonyl (C=O) groups is 3. The zero-order chi connectivity index (χ0) is 44.3. The van der Waals surface area contributed by atoms with Crippen molar-refractivity contribution in [3.8, 4) is 0 Å². The molecule has 0 radical (unpaired) electrons. The van der Waals surface area contributed by atoms with Crippen molar-refractivity contribution in [2.75, 3.05) is 50.3 Å². The van der Waals surface area contributed by atoms with Gasteiger partial charge in [0.05, 0.1) is 5.69 Å². The van der Waals surface area contributed by atoms with Crippen LogP contribution in [0, 0.1) is 11.6 Å². The Hall–Kier alpha value is -5.27. The molecule has 3 N–H and O–H groups in total. The van der Waals surface area contributed by atoms with Gasteiger partial charge in [-0.1, -0.05) is 59.6 Å². The van der Waals surface area contributed by atoms with Crippen molar-refractivity contribution in [3.05, 3.63) is 141 Å². The predicted molar refractivity (Wildman–Crippen MR) is 241 cm³/mol. The number of nitrogen functional groups attached to an aromatic ring is 1. The van der Waals surface area contributed by atoms with Crippen LogP contribution < -0.4 is 11.1 Å². The summed E-state index contributed by atoms with van der Waals surface area (Å²) in [5, 5.41) is 3.73. The molecule has 6 rings (SSSR count). The van der Waals surface area contributed by atoms with E-state index in [9.17, 15) is 23.2 Å². The average Bonchev–Trinajstić information content (AvgIpc) is 3.18. The molecular weight excluding hydrogens is 821 g/mol. The number of rotatable bonds is 9. The summed E-state index contributed by atoms with van der Waals surface area (Å²) in [7, 11) is 0. The first-order chi connectivity index (χ1) is 28.9. The molecule has 0 saturated carbocycles. The molecule has 2 aliphatic heterocycles. The Labute approximate surface area is 367 Å². The second-order valence-electron chi connectivity index (χ2n) is 16.3. The first kappa shape index (κ1) is 46.8. The Morgan fingerprint density at radius 2 is 1.15 bits per heavy atom. The van der Waals surface area contributed by atoms with Crippen molar-refractivity contribution in [1.29, 1.82) is 0 Å². The van der Waals surface area contributed by atoms with Gasteiger partial charge in [-0.25, -0.2) is 13.6 Å². The van der Waals surface area contributed by atoms with Gasteiger partial charge in [0.15, 0.2) is 0 Å². The van der Waals surface area contributed by atoms with E-state index in [4.69, 9.17) is 33.7 Å². The van der Waals surface area contributed by atoms with Crippen LogP contribution in [0.1, 0.15) is 56.9 Å². The highest BCUT2D eigenvalue weighted by Gasteiger charge is 2.28. The average molecular weight is 876 g/mol. The number of ether oxygens (including phenoxy) is 1. The minimum absolute atomic E-state index is 0.0240. The maximum atomic E-state index is 13.1. The molecule has 2 saturated heterocycles. The molecule has 4 aromatic rings. The van der Waals surface area contributed by atoms with E-state index in [1.54, 1.807) is 99.7 Å². The summed E-state index contributed by atoms with van der Waals surface area (Å²) in [4.78, 5) is 45.9.